The van der Waals surface area contributed by atoms with E-state index in [1.807, 2.05) is 13.8 Å². The third-order valence-electron chi connectivity index (χ3n) is 3.53. The number of benzene rings is 1. The topological polar surface area (TPSA) is 26.0 Å². The molecule has 1 aliphatic carbocycles. The second-order valence-corrected chi connectivity index (χ2v) is 5.00. The number of hydrogen-bond acceptors (Lipinski definition) is 1. The second kappa shape index (κ2) is 3.81. The van der Waals surface area contributed by atoms with Gasteiger partial charge in [0.15, 0.2) is 11.6 Å². The zero-order valence-corrected chi connectivity index (χ0v) is 9.69. The van der Waals surface area contributed by atoms with Crippen LogP contribution in [0.15, 0.2) is 12.1 Å². The monoisotopic (exact) mass is 225 g/mol. The molecule has 0 aliphatic heterocycles. The predicted molar refractivity (Wildman–Crippen MR) is 60.4 cm³/mol. The molecule has 0 saturated heterocycles. The third-order valence-corrected chi connectivity index (χ3v) is 3.53. The van der Waals surface area contributed by atoms with Gasteiger partial charge in [-0.15, -0.1) is 0 Å². The molecule has 16 heavy (non-hydrogen) atoms. The Balaban J connectivity index is 2.52. The van der Waals surface area contributed by atoms with Gasteiger partial charge >= 0.3 is 0 Å². The highest BCUT2D eigenvalue weighted by atomic mass is 19.2. The molecule has 1 nitrogen and oxygen atoms in total. The quantitative estimate of drug-likeness (QED) is 0.840. The average molecular weight is 225 g/mol. The lowest BCUT2D eigenvalue weighted by Gasteiger charge is -2.17. The summed E-state index contributed by atoms with van der Waals surface area (Å²) in [5.74, 6) is -1.27. The van der Waals surface area contributed by atoms with E-state index >= 15 is 0 Å². The molecule has 0 atom stereocenters. The second-order valence-electron chi connectivity index (χ2n) is 5.00. The highest BCUT2D eigenvalue weighted by Crippen LogP contribution is 2.48. The minimum atomic E-state index is -0.749. The van der Waals surface area contributed by atoms with Crippen molar-refractivity contribution in [2.75, 3.05) is 6.54 Å². The van der Waals surface area contributed by atoms with Crippen LogP contribution in [-0.2, 0) is 5.41 Å². The first-order chi connectivity index (χ1) is 7.50. The molecule has 0 amide bonds. The molecule has 88 valence electrons. The molecule has 0 radical (unpaired) electrons. The molecule has 1 aliphatic rings. The van der Waals surface area contributed by atoms with Gasteiger partial charge in [0.1, 0.15) is 0 Å². The van der Waals surface area contributed by atoms with Gasteiger partial charge in [-0.3, -0.25) is 0 Å². The molecule has 1 aromatic rings. The van der Waals surface area contributed by atoms with Gasteiger partial charge in [0.05, 0.1) is 0 Å². The maximum atomic E-state index is 13.7. The first-order valence-corrected chi connectivity index (χ1v) is 5.69. The van der Waals surface area contributed by atoms with Gasteiger partial charge in [0.2, 0.25) is 0 Å². The number of halogens is 2. The van der Waals surface area contributed by atoms with Crippen LogP contribution in [0.4, 0.5) is 8.78 Å². The smallest absolute Gasteiger partial charge is 0.162 e. The lowest BCUT2D eigenvalue weighted by molar-refractivity contribution is 0.482. The standard InChI is InChI=1S/C13H17F2N/c1-8(2)9-5-10(12(15)11(14)6-9)13(7-16)3-4-13/h5-6,8H,3-4,7,16H2,1-2H3. The van der Waals surface area contributed by atoms with Crippen molar-refractivity contribution in [1.82, 2.24) is 0 Å². The summed E-state index contributed by atoms with van der Waals surface area (Å²) < 4.78 is 27.2. The zero-order chi connectivity index (χ0) is 11.9. The van der Waals surface area contributed by atoms with Gasteiger partial charge in [0, 0.05) is 12.0 Å². The third kappa shape index (κ3) is 1.73. The van der Waals surface area contributed by atoms with E-state index in [0.29, 0.717) is 12.1 Å². The van der Waals surface area contributed by atoms with Crippen LogP contribution in [0.2, 0.25) is 0 Å². The molecule has 1 aromatic carbocycles. The van der Waals surface area contributed by atoms with Gasteiger partial charge in [0.25, 0.3) is 0 Å². The summed E-state index contributed by atoms with van der Waals surface area (Å²) in [6.45, 7) is 4.34. The van der Waals surface area contributed by atoms with Crippen LogP contribution in [0, 0.1) is 11.6 Å². The minimum Gasteiger partial charge on any atom is -0.330 e. The Bertz CT molecular complexity index is 409. The van der Waals surface area contributed by atoms with Crippen LogP contribution in [0.5, 0.6) is 0 Å². The van der Waals surface area contributed by atoms with Crippen LogP contribution < -0.4 is 5.73 Å². The van der Waals surface area contributed by atoms with Gasteiger partial charge < -0.3 is 5.73 Å². The first kappa shape index (κ1) is 11.5. The Hall–Kier alpha value is -0.960. The van der Waals surface area contributed by atoms with Gasteiger partial charge in [-0.25, -0.2) is 8.78 Å². The molecule has 1 fully saturated rings. The number of hydrogen-bond donors (Lipinski definition) is 1. The van der Waals surface area contributed by atoms with Crippen LogP contribution in [0.1, 0.15) is 43.7 Å². The maximum absolute atomic E-state index is 13.7. The zero-order valence-electron chi connectivity index (χ0n) is 9.69. The Morgan fingerprint density at radius 3 is 2.38 bits per heavy atom. The van der Waals surface area contributed by atoms with E-state index in [-0.39, 0.29) is 11.3 Å². The highest BCUT2D eigenvalue weighted by Gasteiger charge is 2.45. The maximum Gasteiger partial charge on any atom is 0.162 e. The van der Waals surface area contributed by atoms with Crippen molar-refractivity contribution < 1.29 is 8.78 Å². The summed E-state index contributed by atoms with van der Waals surface area (Å²) >= 11 is 0. The normalized spacial score (nSPS) is 17.9. The fraction of sp³-hybridized carbons (Fsp3) is 0.538. The lowest BCUT2D eigenvalue weighted by atomic mass is 9.91. The van der Waals surface area contributed by atoms with E-state index in [4.69, 9.17) is 5.73 Å². The molecule has 2 rings (SSSR count). The molecule has 0 bridgehead atoms. The largest absolute Gasteiger partial charge is 0.330 e. The van der Waals surface area contributed by atoms with E-state index < -0.39 is 11.6 Å². The molecule has 2 N–H and O–H groups in total. The molecule has 0 aromatic heterocycles. The fourth-order valence-electron chi connectivity index (χ4n) is 2.06. The molecule has 0 spiro atoms. The minimum absolute atomic E-state index is 0.197. The van der Waals surface area contributed by atoms with Crippen molar-refractivity contribution in [1.29, 1.82) is 0 Å². The van der Waals surface area contributed by atoms with E-state index in [9.17, 15) is 8.78 Å². The van der Waals surface area contributed by atoms with Crippen molar-refractivity contribution in [2.45, 2.75) is 38.0 Å². The summed E-state index contributed by atoms with van der Waals surface area (Å²) in [5, 5.41) is 0. The number of nitrogens with two attached hydrogens (primary N) is 1. The van der Waals surface area contributed by atoms with Crippen molar-refractivity contribution >= 4 is 0 Å². The van der Waals surface area contributed by atoms with Crippen LogP contribution >= 0.6 is 0 Å². The Morgan fingerprint density at radius 1 is 1.31 bits per heavy atom. The van der Waals surface area contributed by atoms with Gasteiger partial charge in [-0.05, 0) is 36.0 Å². The first-order valence-electron chi connectivity index (χ1n) is 5.69. The van der Waals surface area contributed by atoms with E-state index in [2.05, 4.69) is 0 Å². The van der Waals surface area contributed by atoms with E-state index in [0.717, 1.165) is 18.4 Å². The van der Waals surface area contributed by atoms with Crippen molar-refractivity contribution in [2.24, 2.45) is 5.73 Å². The lowest BCUT2D eigenvalue weighted by Crippen LogP contribution is -2.22. The molecule has 0 unspecified atom stereocenters. The average Bonchev–Trinajstić information content (AvgIpc) is 3.02. The highest BCUT2D eigenvalue weighted by molar-refractivity contribution is 5.38. The van der Waals surface area contributed by atoms with Gasteiger partial charge in [-0.1, -0.05) is 19.9 Å². The summed E-state index contributed by atoms with van der Waals surface area (Å²) in [7, 11) is 0. The van der Waals surface area contributed by atoms with E-state index in [1.54, 1.807) is 6.07 Å². The molecule has 1 saturated carbocycles. The van der Waals surface area contributed by atoms with E-state index in [1.165, 1.54) is 6.07 Å². The molecular weight excluding hydrogens is 208 g/mol. The Morgan fingerprint density at radius 2 is 1.94 bits per heavy atom. The Kier molecular flexibility index (Phi) is 2.74. The van der Waals surface area contributed by atoms with Crippen molar-refractivity contribution in [3.63, 3.8) is 0 Å². The van der Waals surface area contributed by atoms with Crippen molar-refractivity contribution in [3.8, 4) is 0 Å². The molecule has 0 heterocycles. The molecule has 3 heteroatoms. The summed E-state index contributed by atoms with van der Waals surface area (Å²) in [4.78, 5) is 0. The van der Waals surface area contributed by atoms with Crippen molar-refractivity contribution in [3.05, 3.63) is 34.9 Å². The summed E-state index contributed by atoms with van der Waals surface area (Å²) in [5.41, 5.74) is 6.67. The fourth-order valence-corrected chi connectivity index (χ4v) is 2.06. The SMILES string of the molecule is CC(C)c1cc(F)c(F)c(C2(CN)CC2)c1. The summed E-state index contributed by atoms with van der Waals surface area (Å²) in [6, 6.07) is 3.07. The number of rotatable bonds is 3. The van der Waals surface area contributed by atoms with Crippen LogP contribution in [0.25, 0.3) is 0 Å². The Labute approximate surface area is 94.7 Å². The van der Waals surface area contributed by atoms with Crippen LogP contribution in [-0.4, -0.2) is 6.54 Å². The molecular formula is C13H17F2N. The van der Waals surface area contributed by atoms with Gasteiger partial charge in [-0.2, -0.15) is 0 Å². The predicted octanol–water partition coefficient (Wildman–Crippen LogP) is 3.08. The van der Waals surface area contributed by atoms with Crippen LogP contribution in [0.3, 0.4) is 0 Å². The summed E-state index contributed by atoms with van der Waals surface area (Å²) in [6.07, 6.45) is 1.73.